The normalized spacial score (nSPS) is 28.9. The van der Waals surface area contributed by atoms with E-state index in [0.717, 1.165) is 12.1 Å². The molecule has 3 atom stereocenters. The Morgan fingerprint density at radius 2 is 1.76 bits per heavy atom. The van der Waals surface area contributed by atoms with Gasteiger partial charge in [-0.25, -0.2) is 17.2 Å². The van der Waals surface area contributed by atoms with E-state index >= 15 is 4.39 Å². The minimum absolute atomic E-state index is 0.0853. The summed E-state index contributed by atoms with van der Waals surface area (Å²) in [6, 6.07) is 7.24. The van der Waals surface area contributed by atoms with Crippen molar-refractivity contribution in [3.8, 4) is 5.75 Å². The Morgan fingerprint density at radius 1 is 1.10 bits per heavy atom. The molecule has 1 heterocycles. The summed E-state index contributed by atoms with van der Waals surface area (Å²) in [6.45, 7) is -0.804. The highest BCUT2D eigenvalue weighted by molar-refractivity contribution is 7.92. The molecular formula is C20H19ClF2O5S. The highest BCUT2D eigenvalue weighted by Crippen LogP contribution is 2.58. The summed E-state index contributed by atoms with van der Waals surface area (Å²) in [5.41, 5.74) is -1.88. The van der Waals surface area contributed by atoms with Crippen molar-refractivity contribution in [1.29, 1.82) is 0 Å². The summed E-state index contributed by atoms with van der Waals surface area (Å²) in [6.07, 6.45) is -0.426. The minimum atomic E-state index is -4.25. The second kappa shape index (κ2) is 6.91. The Morgan fingerprint density at radius 3 is 2.41 bits per heavy atom. The summed E-state index contributed by atoms with van der Waals surface area (Å²) >= 11 is 5.88. The van der Waals surface area contributed by atoms with Crippen molar-refractivity contribution in [1.82, 2.24) is 0 Å². The largest absolute Gasteiger partial charge is 0.490 e. The Labute approximate surface area is 171 Å². The van der Waals surface area contributed by atoms with Gasteiger partial charge in [-0.3, -0.25) is 0 Å². The first-order valence-corrected chi connectivity index (χ1v) is 11.0. The van der Waals surface area contributed by atoms with E-state index in [0.29, 0.717) is 5.02 Å². The number of rotatable bonds is 3. The maximum absolute atomic E-state index is 15.0. The zero-order chi connectivity index (χ0) is 21.0. The average molecular weight is 445 g/mol. The molecule has 0 unspecified atom stereocenters. The van der Waals surface area contributed by atoms with Crippen LogP contribution in [0.4, 0.5) is 8.78 Å². The topological polar surface area (TPSA) is 83.8 Å². The van der Waals surface area contributed by atoms with Gasteiger partial charge in [0.1, 0.15) is 10.6 Å². The van der Waals surface area contributed by atoms with Crippen molar-refractivity contribution in [3.63, 3.8) is 0 Å². The lowest BCUT2D eigenvalue weighted by molar-refractivity contribution is -0.0785. The summed E-state index contributed by atoms with van der Waals surface area (Å²) in [4.78, 5) is -0.0853. The van der Waals surface area contributed by atoms with Crippen LogP contribution in [0.25, 0.3) is 0 Å². The molecule has 1 fully saturated rings. The van der Waals surface area contributed by atoms with Crippen LogP contribution in [0.3, 0.4) is 0 Å². The molecule has 2 aliphatic rings. The quantitative estimate of drug-likeness (QED) is 0.759. The van der Waals surface area contributed by atoms with Gasteiger partial charge in [0.15, 0.2) is 21.4 Å². The van der Waals surface area contributed by atoms with Gasteiger partial charge in [0.25, 0.3) is 0 Å². The fourth-order valence-corrected chi connectivity index (χ4v) is 7.04. The Hall–Kier alpha value is -1.74. The third-order valence-corrected chi connectivity index (χ3v) is 8.90. The molecule has 2 aromatic rings. The molecule has 0 amide bonds. The van der Waals surface area contributed by atoms with Gasteiger partial charge in [0.05, 0.1) is 29.3 Å². The van der Waals surface area contributed by atoms with Crippen LogP contribution in [0.2, 0.25) is 5.02 Å². The lowest BCUT2D eigenvalue weighted by Crippen LogP contribution is -2.57. The minimum Gasteiger partial charge on any atom is -0.490 e. The molecule has 0 bridgehead atoms. The number of sulfone groups is 1. The summed E-state index contributed by atoms with van der Waals surface area (Å²) in [5.74, 6) is -3.06. The predicted molar refractivity (Wildman–Crippen MR) is 102 cm³/mol. The fraction of sp³-hybridized carbons (Fsp3) is 0.400. The number of ether oxygens (including phenoxy) is 1. The van der Waals surface area contributed by atoms with E-state index in [1.807, 2.05) is 0 Å². The van der Waals surface area contributed by atoms with Crippen LogP contribution < -0.4 is 4.74 Å². The molecule has 4 rings (SSSR count). The monoisotopic (exact) mass is 444 g/mol. The number of hydrogen-bond donors (Lipinski definition) is 2. The maximum atomic E-state index is 15.0. The van der Waals surface area contributed by atoms with Crippen LogP contribution in [-0.2, 0) is 14.6 Å². The maximum Gasteiger partial charge on any atom is 0.188 e. The molecular weight excluding hydrogens is 426 g/mol. The van der Waals surface area contributed by atoms with Gasteiger partial charge in [-0.2, -0.15) is 0 Å². The van der Waals surface area contributed by atoms with Gasteiger partial charge in [-0.1, -0.05) is 11.6 Å². The Bertz CT molecular complexity index is 1060. The summed E-state index contributed by atoms with van der Waals surface area (Å²) in [7, 11) is -4.25. The van der Waals surface area contributed by atoms with E-state index in [2.05, 4.69) is 0 Å². The number of hydrogen-bond acceptors (Lipinski definition) is 5. The molecule has 1 aliphatic carbocycles. The summed E-state index contributed by atoms with van der Waals surface area (Å²) in [5, 5.41) is 20.5. The second-order valence-corrected chi connectivity index (χ2v) is 10.3. The van der Waals surface area contributed by atoms with Crippen molar-refractivity contribution < 1.29 is 32.1 Å². The number of fused-ring (bicyclic) bond motifs is 3. The van der Waals surface area contributed by atoms with Crippen molar-refractivity contribution in [2.45, 2.75) is 34.5 Å². The van der Waals surface area contributed by atoms with Gasteiger partial charge in [0, 0.05) is 10.9 Å². The van der Waals surface area contributed by atoms with Crippen LogP contribution in [0.15, 0.2) is 41.3 Å². The van der Waals surface area contributed by atoms with Gasteiger partial charge in [0.2, 0.25) is 0 Å². The first-order valence-electron chi connectivity index (χ1n) is 9.09. The molecule has 0 aromatic heterocycles. The fourth-order valence-electron chi connectivity index (χ4n) is 4.58. The van der Waals surface area contributed by atoms with Gasteiger partial charge >= 0.3 is 0 Å². The first kappa shape index (κ1) is 20.5. The highest BCUT2D eigenvalue weighted by atomic mass is 35.5. The molecule has 1 aliphatic heterocycles. The predicted octanol–water partition coefficient (Wildman–Crippen LogP) is 3.20. The lowest BCUT2D eigenvalue weighted by Gasteiger charge is -2.51. The molecule has 1 saturated carbocycles. The first-order chi connectivity index (χ1) is 13.6. The molecule has 2 N–H and O–H groups in total. The zero-order valence-electron chi connectivity index (χ0n) is 15.2. The number of halogens is 3. The van der Waals surface area contributed by atoms with Crippen molar-refractivity contribution in [2.75, 3.05) is 13.2 Å². The average Bonchev–Trinajstić information content (AvgIpc) is 2.70. The molecule has 0 radical (unpaired) electrons. The number of aliphatic hydroxyl groups is 2. The van der Waals surface area contributed by atoms with Crippen molar-refractivity contribution in [2.24, 2.45) is 5.92 Å². The van der Waals surface area contributed by atoms with Crippen LogP contribution >= 0.6 is 11.6 Å². The zero-order valence-corrected chi connectivity index (χ0v) is 16.8. The summed E-state index contributed by atoms with van der Waals surface area (Å²) < 4.78 is 60.7. The standard InChI is InChI=1S/C20H19ClF2O5S/c21-13-1-3-14(4-2-13)29(26,27)20-8-7-19(25,11-24)9-12(20)10-28-18-16(23)6-5-15(22)17(18)20/h1-6,12,24-25H,7-11H2/t12-,19+,20+/m1/s1. The highest BCUT2D eigenvalue weighted by Gasteiger charge is 2.61. The molecule has 156 valence electrons. The van der Waals surface area contributed by atoms with Crippen molar-refractivity contribution >= 4 is 21.4 Å². The Balaban J connectivity index is 2.00. The van der Waals surface area contributed by atoms with E-state index in [4.69, 9.17) is 16.3 Å². The number of benzene rings is 2. The van der Waals surface area contributed by atoms with E-state index < -0.39 is 50.1 Å². The van der Waals surface area contributed by atoms with E-state index in [-0.39, 0.29) is 36.3 Å². The van der Waals surface area contributed by atoms with E-state index in [9.17, 15) is 23.0 Å². The van der Waals surface area contributed by atoms with Gasteiger partial charge < -0.3 is 14.9 Å². The van der Waals surface area contributed by atoms with Crippen LogP contribution in [0.1, 0.15) is 24.8 Å². The van der Waals surface area contributed by atoms with Crippen molar-refractivity contribution in [3.05, 3.63) is 58.6 Å². The molecule has 29 heavy (non-hydrogen) atoms. The van der Waals surface area contributed by atoms with E-state index in [1.165, 1.54) is 24.3 Å². The van der Waals surface area contributed by atoms with E-state index in [1.54, 1.807) is 0 Å². The van der Waals surface area contributed by atoms with Crippen LogP contribution in [0.5, 0.6) is 5.75 Å². The Kier molecular flexibility index (Phi) is 4.89. The molecule has 0 spiro atoms. The number of aliphatic hydroxyl groups excluding tert-OH is 1. The lowest BCUT2D eigenvalue weighted by atomic mass is 9.67. The smallest absolute Gasteiger partial charge is 0.188 e. The molecule has 9 heteroatoms. The van der Waals surface area contributed by atoms with Crippen LogP contribution in [0, 0.1) is 17.6 Å². The SMILES string of the molecule is O=S(=O)(c1ccc(Cl)cc1)[C@@]12CC[C@@](O)(CO)C[C@@H]1COc1c(F)ccc(F)c12. The second-order valence-electron chi connectivity index (χ2n) is 7.67. The third kappa shape index (κ3) is 2.96. The molecule has 0 saturated heterocycles. The van der Waals surface area contributed by atoms with Gasteiger partial charge in [-0.05, 0) is 55.7 Å². The van der Waals surface area contributed by atoms with Gasteiger partial charge in [-0.15, -0.1) is 0 Å². The molecule has 2 aromatic carbocycles. The molecule has 5 nitrogen and oxygen atoms in total. The third-order valence-electron chi connectivity index (χ3n) is 6.06. The van der Waals surface area contributed by atoms with Crippen LogP contribution in [-0.4, -0.2) is 37.4 Å².